The van der Waals surface area contributed by atoms with Crippen LogP contribution in [0.5, 0.6) is 0 Å². The molecular formula is C2H7K2O9PS. The molecule has 0 aliphatic carbocycles. The summed E-state index contributed by atoms with van der Waals surface area (Å²) in [6.07, 6.45) is 0. The van der Waals surface area contributed by atoms with Gasteiger partial charge < -0.3 is 14.0 Å². The van der Waals surface area contributed by atoms with Crippen LogP contribution in [0.1, 0.15) is 0 Å². The Morgan fingerprint density at radius 1 is 1.27 bits per heavy atom. The van der Waals surface area contributed by atoms with Crippen LogP contribution in [-0.2, 0) is 28.5 Å². The van der Waals surface area contributed by atoms with E-state index < -0.39 is 30.8 Å². The van der Waals surface area contributed by atoms with Gasteiger partial charge in [-0.05, 0) is 0 Å². The molecule has 0 spiro atoms. The van der Waals surface area contributed by atoms with Gasteiger partial charge in [0.1, 0.15) is 0 Å². The first-order valence-corrected chi connectivity index (χ1v) is 5.39. The van der Waals surface area contributed by atoms with E-state index in [2.05, 4.69) is 8.71 Å². The Morgan fingerprint density at radius 2 is 1.67 bits per heavy atom. The van der Waals surface area contributed by atoms with Gasteiger partial charge in [-0.25, -0.2) is 9.36 Å². The minimum atomic E-state index is -4.97. The molecule has 0 unspecified atom stereocenters. The molecule has 0 aromatic heterocycles. The second-order valence-corrected chi connectivity index (χ2v) is 3.91. The second-order valence-electron chi connectivity index (χ2n) is 1.65. The number of carbonyl (C=O) groups is 1. The maximum absolute atomic E-state index is 10.3. The van der Waals surface area contributed by atoms with Crippen molar-refractivity contribution in [3.05, 3.63) is 0 Å². The molecular weight excluding hydrogens is 309 g/mol. The van der Waals surface area contributed by atoms with Crippen molar-refractivity contribution < 1.29 is 40.8 Å². The first-order chi connectivity index (χ1) is 5.60. The average molecular weight is 316 g/mol. The van der Waals surface area contributed by atoms with E-state index in [4.69, 9.17) is 14.3 Å². The third kappa shape index (κ3) is 19.3. The molecule has 0 atom stereocenters. The zero-order valence-electron chi connectivity index (χ0n) is 5.85. The molecule has 0 fully saturated rings. The standard InChI is InChI=1S/C2H5O9PS.2K.2H/c3-2(11-13(7,8)9)1-10-12(4,5)6;;;;/h1H2,(H2,4,5,6)(H,7,8,9);;;;. The molecule has 0 aliphatic rings. The Labute approximate surface area is 170 Å². The number of rotatable bonds is 4. The zero-order valence-corrected chi connectivity index (χ0v) is 7.56. The van der Waals surface area contributed by atoms with Crippen LogP contribution in [0.3, 0.4) is 0 Å². The first kappa shape index (κ1) is 22.9. The Kier molecular flexibility index (Phi) is 14.8. The molecule has 82 valence electrons. The molecule has 0 radical (unpaired) electrons. The Morgan fingerprint density at radius 3 is 1.93 bits per heavy atom. The van der Waals surface area contributed by atoms with Gasteiger partial charge in [0.15, 0.2) is 6.61 Å². The van der Waals surface area contributed by atoms with Crippen LogP contribution < -0.4 is 0 Å². The van der Waals surface area contributed by atoms with Crippen molar-refractivity contribution in [2.24, 2.45) is 0 Å². The quantitative estimate of drug-likeness (QED) is 0.283. The normalized spacial score (nSPS) is 10.9. The van der Waals surface area contributed by atoms with E-state index in [0.29, 0.717) is 0 Å². The van der Waals surface area contributed by atoms with Crippen molar-refractivity contribution in [1.82, 2.24) is 0 Å². The van der Waals surface area contributed by atoms with Crippen LogP contribution in [0.4, 0.5) is 0 Å². The van der Waals surface area contributed by atoms with Crippen molar-refractivity contribution in [1.29, 1.82) is 0 Å². The van der Waals surface area contributed by atoms with Gasteiger partial charge >= 0.3 is 127 Å². The van der Waals surface area contributed by atoms with E-state index in [1.807, 2.05) is 0 Å². The summed E-state index contributed by atoms with van der Waals surface area (Å²) in [6.45, 7) is -1.29. The van der Waals surface area contributed by atoms with E-state index >= 15 is 0 Å². The second kappa shape index (κ2) is 9.66. The number of phosphoric ester groups is 1. The Bertz CT molecular complexity index is 330. The van der Waals surface area contributed by atoms with Gasteiger partial charge in [-0.3, -0.25) is 9.08 Å². The molecule has 0 aliphatic heterocycles. The molecule has 0 heterocycles. The third-order valence-electron chi connectivity index (χ3n) is 0.549. The average Bonchev–Trinajstić information content (AvgIpc) is 1.78. The van der Waals surface area contributed by atoms with Gasteiger partial charge in [-0.1, -0.05) is 0 Å². The monoisotopic (exact) mass is 316 g/mol. The number of phosphoric acid groups is 1. The van der Waals surface area contributed by atoms with Crippen molar-refractivity contribution in [2.75, 3.05) is 6.61 Å². The third-order valence-corrected chi connectivity index (χ3v) is 1.41. The van der Waals surface area contributed by atoms with E-state index in [1.54, 1.807) is 0 Å². The van der Waals surface area contributed by atoms with Gasteiger partial charge in [0.05, 0.1) is 0 Å². The summed E-state index contributed by atoms with van der Waals surface area (Å²) in [6, 6.07) is 0. The Hall–Kier alpha value is 2.76. The predicted molar refractivity (Wildman–Crippen MR) is 49.9 cm³/mol. The molecule has 0 aromatic rings. The van der Waals surface area contributed by atoms with Crippen molar-refractivity contribution in [3.63, 3.8) is 0 Å². The van der Waals surface area contributed by atoms with Crippen LogP contribution in [0.2, 0.25) is 0 Å². The van der Waals surface area contributed by atoms with Crippen LogP contribution in [-0.4, -0.2) is 138 Å². The van der Waals surface area contributed by atoms with Crippen molar-refractivity contribution in [2.45, 2.75) is 0 Å². The summed E-state index contributed by atoms with van der Waals surface area (Å²) in [5.41, 5.74) is 0. The van der Waals surface area contributed by atoms with Crippen LogP contribution in [0.25, 0.3) is 0 Å². The summed E-state index contributed by atoms with van der Waals surface area (Å²) in [5, 5.41) is 0. The summed E-state index contributed by atoms with van der Waals surface area (Å²) in [7, 11) is -9.84. The SMILES string of the molecule is O=C(COP(=O)(O)O)OS(=O)(=O)O.[KH].[KH]. The molecule has 3 N–H and O–H groups in total. The van der Waals surface area contributed by atoms with Crippen molar-refractivity contribution in [3.8, 4) is 0 Å². The molecule has 0 amide bonds. The molecule has 0 saturated heterocycles. The van der Waals surface area contributed by atoms with E-state index in [-0.39, 0.29) is 103 Å². The van der Waals surface area contributed by atoms with Crippen LogP contribution in [0.15, 0.2) is 0 Å². The number of hydrogen-bond acceptors (Lipinski definition) is 6. The molecule has 0 saturated carbocycles. The zero-order chi connectivity index (χ0) is 10.7. The fourth-order valence-electron chi connectivity index (χ4n) is 0.278. The first-order valence-electron chi connectivity index (χ1n) is 2.50. The van der Waals surface area contributed by atoms with E-state index in [1.165, 1.54) is 0 Å². The Balaban J connectivity index is -0.000000720. The summed E-state index contributed by atoms with van der Waals surface area (Å²) >= 11 is 0. The van der Waals surface area contributed by atoms with E-state index in [9.17, 15) is 17.8 Å². The van der Waals surface area contributed by atoms with Gasteiger partial charge in [0.25, 0.3) is 0 Å². The summed E-state index contributed by atoms with van der Waals surface area (Å²) in [4.78, 5) is 26.3. The molecule has 0 rings (SSSR count). The molecule has 13 heteroatoms. The summed E-state index contributed by atoms with van der Waals surface area (Å²) < 4.78 is 44.3. The minimum absolute atomic E-state index is 0. The van der Waals surface area contributed by atoms with Gasteiger partial charge in [0.2, 0.25) is 0 Å². The molecule has 9 nitrogen and oxygen atoms in total. The fourth-order valence-corrected chi connectivity index (χ4v) is 0.835. The predicted octanol–water partition coefficient (Wildman–Crippen LogP) is -2.86. The topological polar surface area (TPSA) is 147 Å². The summed E-state index contributed by atoms with van der Waals surface area (Å²) in [5.74, 6) is -1.65. The number of hydrogen-bond donors (Lipinski definition) is 3. The van der Waals surface area contributed by atoms with Crippen LogP contribution >= 0.6 is 7.82 Å². The molecule has 15 heavy (non-hydrogen) atoms. The van der Waals surface area contributed by atoms with Gasteiger partial charge in [0, 0.05) is 0 Å². The van der Waals surface area contributed by atoms with Gasteiger partial charge in [-0.15, -0.1) is 0 Å². The molecule has 0 aromatic carbocycles. The molecule has 0 bridgehead atoms. The maximum atomic E-state index is 10.3. The van der Waals surface area contributed by atoms with Gasteiger partial charge in [-0.2, -0.15) is 8.42 Å². The van der Waals surface area contributed by atoms with Crippen LogP contribution in [0, 0.1) is 0 Å². The fraction of sp³-hybridized carbons (Fsp3) is 0.500. The van der Waals surface area contributed by atoms with Crippen molar-refractivity contribution >= 4 is 127 Å². The van der Waals surface area contributed by atoms with E-state index in [0.717, 1.165) is 0 Å². The number of carbonyl (C=O) groups excluding carboxylic acids is 1.